The summed E-state index contributed by atoms with van der Waals surface area (Å²) < 4.78 is 0. The number of hydrogen-bond donors (Lipinski definition) is 0. The maximum Gasteiger partial charge on any atom is 0.129 e. The average Bonchev–Trinajstić information content (AvgIpc) is 2.27. The minimum absolute atomic E-state index is 0.479. The molecule has 0 saturated carbocycles. The summed E-state index contributed by atoms with van der Waals surface area (Å²) in [7, 11) is 2.08. The molecule has 0 aromatic carbocycles. The number of aryl methyl sites for hydroxylation is 1. The number of alkyl halides is 1. The van der Waals surface area contributed by atoms with Crippen molar-refractivity contribution in [3.63, 3.8) is 0 Å². The van der Waals surface area contributed by atoms with E-state index in [2.05, 4.69) is 36.2 Å². The number of rotatable bonds is 5. The number of pyridine rings is 1. The molecule has 16 heavy (non-hydrogen) atoms. The molecule has 1 heterocycles. The van der Waals surface area contributed by atoms with E-state index in [9.17, 15) is 0 Å². The monoisotopic (exact) mass is 258 g/mol. The predicted molar refractivity (Wildman–Crippen MR) is 74.8 cm³/mol. The largest absolute Gasteiger partial charge is 0.356 e. The molecule has 0 bridgehead atoms. The van der Waals surface area contributed by atoms with Crippen molar-refractivity contribution < 1.29 is 0 Å². The third-order valence-corrected chi connectivity index (χ3v) is 3.71. The summed E-state index contributed by atoms with van der Waals surface area (Å²) in [5.74, 6) is 2.65. The summed E-state index contributed by atoms with van der Waals surface area (Å²) in [6, 6.07) is 4.58. The third-order valence-electron chi connectivity index (χ3n) is 2.58. The summed E-state index contributed by atoms with van der Waals surface area (Å²) in [5, 5.41) is 0. The SMILES string of the molecule is CSCC(C)N(C)c1cc(CCl)cc(C)n1. The smallest absolute Gasteiger partial charge is 0.129 e. The zero-order valence-corrected chi connectivity index (χ0v) is 11.9. The van der Waals surface area contributed by atoms with Crippen LogP contribution in [0.15, 0.2) is 12.1 Å². The minimum Gasteiger partial charge on any atom is -0.356 e. The van der Waals surface area contributed by atoms with E-state index in [1.807, 2.05) is 24.8 Å². The number of halogens is 1. The molecule has 1 aromatic heterocycles. The van der Waals surface area contributed by atoms with Crippen LogP contribution in [0.3, 0.4) is 0 Å². The molecule has 1 aromatic rings. The van der Waals surface area contributed by atoms with Crippen LogP contribution in [0.25, 0.3) is 0 Å². The van der Waals surface area contributed by atoms with Gasteiger partial charge >= 0.3 is 0 Å². The molecule has 0 aliphatic carbocycles. The third kappa shape index (κ3) is 3.56. The van der Waals surface area contributed by atoms with E-state index in [1.165, 1.54) is 0 Å². The van der Waals surface area contributed by atoms with Gasteiger partial charge in [0.25, 0.3) is 0 Å². The summed E-state index contributed by atoms with van der Waals surface area (Å²) in [4.78, 5) is 6.75. The highest BCUT2D eigenvalue weighted by molar-refractivity contribution is 7.98. The lowest BCUT2D eigenvalue weighted by atomic mass is 10.2. The Morgan fingerprint density at radius 3 is 2.75 bits per heavy atom. The first-order valence-corrected chi connectivity index (χ1v) is 7.26. The zero-order valence-electron chi connectivity index (χ0n) is 10.3. The lowest BCUT2D eigenvalue weighted by molar-refractivity contribution is 0.751. The van der Waals surface area contributed by atoms with Crippen LogP contribution in [0.2, 0.25) is 0 Å². The van der Waals surface area contributed by atoms with Gasteiger partial charge in [0.05, 0.1) is 0 Å². The molecular weight excluding hydrogens is 240 g/mol. The highest BCUT2D eigenvalue weighted by Crippen LogP contribution is 2.18. The van der Waals surface area contributed by atoms with Crippen molar-refractivity contribution in [1.82, 2.24) is 4.98 Å². The Hall–Kier alpha value is -0.410. The maximum atomic E-state index is 5.87. The van der Waals surface area contributed by atoms with E-state index < -0.39 is 0 Å². The van der Waals surface area contributed by atoms with E-state index in [0.717, 1.165) is 22.8 Å². The molecule has 0 N–H and O–H groups in total. The second kappa shape index (κ2) is 6.36. The highest BCUT2D eigenvalue weighted by atomic mass is 35.5. The van der Waals surface area contributed by atoms with Crippen LogP contribution in [0.4, 0.5) is 5.82 Å². The van der Waals surface area contributed by atoms with Gasteiger partial charge in [0, 0.05) is 30.4 Å². The Kier molecular flexibility index (Phi) is 5.42. The molecule has 0 aliphatic rings. The average molecular weight is 259 g/mol. The lowest BCUT2D eigenvalue weighted by Crippen LogP contribution is -2.31. The second-order valence-corrected chi connectivity index (χ2v) is 5.20. The van der Waals surface area contributed by atoms with Gasteiger partial charge in [0.2, 0.25) is 0 Å². The second-order valence-electron chi connectivity index (χ2n) is 4.02. The Bertz CT molecular complexity index is 344. The van der Waals surface area contributed by atoms with Crippen molar-refractivity contribution in [3.8, 4) is 0 Å². The van der Waals surface area contributed by atoms with Crippen molar-refractivity contribution in [2.45, 2.75) is 25.8 Å². The van der Waals surface area contributed by atoms with Gasteiger partial charge in [-0.3, -0.25) is 0 Å². The first-order valence-electron chi connectivity index (χ1n) is 5.33. The molecule has 0 spiro atoms. The molecule has 0 saturated heterocycles. The van der Waals surface area contributed by atoms with E-state index in [1.54, 1.807) is 0 Å². The van der Waals surface area contributed by atoms with Gasteiger partial charge in [-0.25, -0.2) is 4.98 Å². The van der Waals surface area contributed by atoms with Crippen LogP contribution in [0, 0.1) is 6.92 Å². The van der Waals surface area contributed by atoms with Gasteiger partial charge < -0.3 is 4.90 Å². The molecule has 0 aliphatic heterocycles. The lowest BCUT2D eigenvalue weighted by Gasteiger charge is -2.26. The highest BCUT2D eigenvalue weighted by Gasteiger charge is 2.11. The number of anilines is 1. The molecule has 1 rings (SSSR count). The Morgan fingerprint density at radius 2 is 2.19 bits per heavy atom. The van der Waals surface area contributed by atoms with Crippen LogP contribution in [-0.2, 0) is 5.88 Å². The van der Waals surface area contributed by atoms with Gasteiger partial charge in [-0.05, 0) is 37.8 Å². The normalized spacial score (nSPS) is 12.6. The standard InChI is InChI=1S/C12H19ClN2S/c1-9-5-11(7-13)6-12(14-9)15(3)10(2)8-16-4/h5-6,10H,7-8H2,1-4H3. The Labute approximate surface area is 107 Å². The molecule has 90 valence electrons. The quantitative estimate of drug-likeness (QED) is 0.754. The first-order chi connectivity index (χ1) is 7.58. The zero-order chi connectivity index (χ0) is 12.1. The van der Waals surface area contributed by atoms with Gasteiger partial charge in [0.1, 0.15) is 5.82 Å². The van der Waals surface area contributed by atoms with Crippen LogP contribution >= 0.6 is 23.4 Å². The maximum absolute atomic E-state index is 5.87. The van der Waals surface area contributed by atoms with Crippen LogP contribution in [0.5, 0.6) is 0 Å². The van der Waals surface area contributed by atoms with Gasteiger partial charge in [0.15, 0.2) is 0 Å². The molecule has 4 heteroatoms. The number of nitrogens with zero attached hydrogens (tertiary/aromatic N) is 2. The van der Waals surface area contributed by atoms with Crippen molar-refractivity contribution >= 4 is 29.2 Å². The number of thioether (sulfide) groups is 1. The molecule has 0 amide bonds. The van der Waals surface area contributed by atoms with Crippen LogP contribution < -0.4 is 4.90 Å². The number of aromatic nitrogens is 1. The van der Waals surface area contributed by atoms with E-state index in [0.29, 0.717) is 11.9 Å². The number of hydrogen-bond acceptors (Lipinski definition) is 3. The summed E-state index contributed by atoms with van der Waals surface area (Å²) >= 11 is 7.72. The van der Waals surface area contributed by atoms with Crippen molar-refractivity contribution in [3.05, 3.63) is 23.4 Å². The van der Waals surface area contributed by atoms with E-state index in [-0.39, 0.29) is 0 Å². The summed E-state index contributed by atoms with van der Waals surface area (Å²) in [6.45, 7) is 4.22. The van der Waals surface area contributed by atoms with Gasteiger partial charge in [-0.15, -0.1) is 11.6 Å². The van der Waals surface area contributed by atoms with E-state index in [4.69, 9.17) is 11.6 Å². The topological polar surface area (TPSA) is 16.1 Å². The van der Waals surface area contributed by atoms with Crippen molar-refractivity contribution in [1.29, 1.82) is 0 Å². The molecular formula is C12H19ClN2S. The van der Waals surface area contributed by atoms with E-state index >= 15 is 0 Å². The molecule has 1 unspecified atom stereocenters. The van der Waals surface area contributed by atoms with Crippen molar-refractivity contribution in [2.24, 2.45) is 0 Å². The fourth-order valence-electron chi connectivity index (χ4n) is 1.56. The summed E-state index contributed by atoms with van der Waals surface area (Å²) in [5.41, 5.74) is 2.16. The molecule has 2 nitrogen and oxygen atoms in total. The predicted octanol–water partition coefficient (Wildman–Crippen LogP) is 3.32. The van der Waals surface area contributed by atoms with Gasteiger partial charge in [-0.1, -0.05) is 0 Å². The fourth-order valence-corrected chi connectivity index (χ4v) is 2.42. The Morgan fingerprint density at radius 1 is 1.50 bits per heavy atom. The van der Waals surface area contributed by atoms with Crippen LogP contribution in [-0.4, -0.2) is 30.1 Å². The Balaban J connectivity index is 2.89. The van der Waals surface area contributed by atoms with Crippen molar-refractivity contribution in [2.75, 3.05) is 24.0 Å². The first kappa shape index (κ1) is 13.7. The minimum atomic E-state index is 0.479. The van der Waals surface area contributed by atoms with Gasteiger partial charge in [-0.2, -0.15) is 11.8 Å². The van der Waals surface area contributed by atoms with Crippen LogP contribution in [0.1, 0.15) is 18.2 Å². The fraction of sp³-hybridized carbons (Fsp3) is 0.583. The molecule has 1 atom stereocenters. The molecule has 0 radical (unpaired) electrons. The summed E-state index contributed by atoms with van der Waals surface area (Å²) in [6.07, 6.45) is 2.12. The molecule has 0 fully saturated rings.